The van der Waals surface area contributed by atoms with Gasteiger partial charge in [0.1, 0.15) is 5.75 Å². The molecule has 0 spiro atoms. The molecule has 2 N–H and O–H groups in total. The average Bonchev–Trinajstić information content (AvgIpc) is 3.03. The number of carbonyl (C=O) groups excluding carboxylic acids is 1. The Morgan fingerprint density at radius 1 is 1.12 bits per heavy atom. The second kappa shape index (κ2) is 7.25. The van der Waals surface area contributed by atoms with Gasteiger partial charge in [-0.3, -0.25) is 0 Å². The second-order valence-electron chi connectivity index (χ2n) is 5.34. The fourth-order valence-corrected chi connectivity index (χ4v) is 2.35. The van der Waals surface area contributed by atoms with Crippen LogP contribution in [-0.2, 0) is 0 Å². The highest BCUT2D eigenvalue weighted by Crippen LogP contribution is 2.34. The minimum absolute atomic E-state index is 0.0229. The number of fused-ring (bicyclic) bond motifs is 1. The highest BCUT2D eigenvalue weighted by atomic mass is 19.3. The van der Waals surface area contributed by atoms with Crippen molar-refractivity contribution in [1.29, 1.82) is 0 Å². The molecule has 1 atom stereocenters. The maximum atomic E-state index is 12.1. The van der Waals surface area contributed by atoms with Crippen molar-refractivity contribution in [1.82, 2.24) is 5.32 Å². The van der Waals surface area contributed by atoms with Crippen LogP contribution in [0.2, 0.25) is 0 Å². The van der Waals surface area contributed by atoms with Crippen LogP contribution in [0.15, 0.2) is 42.5 Å². The number of ether oxygens (including phenoxy) is 3. The predicted octanol–water partition coefficient (Wildman–Crippen LogP) is 3.90. The van der Waals surface area contributed by atoms with Crippen LogP contribution in [0, 0.1) is 0 Å². The third-order valence-electron chi connectivity index (χ3n) is 3.58. The molecule has 0 aromatic heterocycles. The molecule has 1 aliphatic heterocycles. The Labute approximate surface area is 142 Å². The van der Waals surface area contributed by atoms with Gasteiger partial charge in [-0.15, -0.1) is 0 Å². The molecule has 0 fully saturated rings. The first-order chi connectivity index (χ1) is 12.0. The van der Waals surface area contributed by atoms with E-state index in [2.05, 4.69) is 15.4 Å². The number of hydrogen-bond acceptors (Lipinski definition) is 4. The van der Waals surface area contributed by atoms with E-state index in [-0.39, 0.29) is 18.6 Å². The lowest BCUT2D eigenvalue weighted by Crippen LogP contribution is -2.31. The van der Waals surface area contributed by atoms with Crippen molar-refractivity contribution >= 4 is 11.7 Å². The summed E-state index contributed by atoms with van der Waals surface area (Å²) in [6.07, 6.45) is 0. The van der Waals surface area contributed by atoms with E-state index in [1.807, 2.05) is 19.1 Å². The Balaban J connectivity index is 1.56. The fraction of sp³-hybridized carbons (Fsp3) is 0.235. The zero-order chi connectivity index (χ0) is 17.8. The molecule has 132 valence electrons. The van der Waals surface area contributed by atoms with Crippen molar-refractivity contribution in [2.75, 3.05) is 12.1 Å². The number of halogens is 2. The monoisotopic (exact) mass is 350 g/mol. The Hall–Kier alpha value is -3.03. The van der Waals surface area contributed by atoms with Gasteiger partial charge >= 0.3 is 12.6 Å². The second-order valence-corrected chi connectivity index (χ2v) is 5.34. The maximum absolute atomic E-state index is 12.1. The van der Waals surface area contributed by atoms with Gasteiger partial charge in [-0.1, -0.05) is 6.07 Å². The molecule has 1 heterocycles. The lowest BCUT2D eigenvalue weighted by atomic mass is 10.1. The van der Waals surface area contributed by atoms with Crippen molar-refractivity contribution in [3.05, 3.63) is 48.0 Å². The van der Waals surface area contributed by atoms with Gasteiger partial charge in [0, 0.05) is 5.69 Å². The van der Waals surface area contributed by atoms with Gasteiger partial charge in [0.25, 0.3) is 0 Å². The molecule has 1 unspecified atom stereocenters. The molecule has 6 nitrogen and oxygen atoms in total. The third-order valence-corrected chi connectivity index (χ3v) is 3.58. The zero-order valence-electron chi connectivity index (χ0n) is 13.3. The molecule has 1 aliphatic rings. The van der Waals surface area contributed by atoms with Crippen LogP contribution in [0.1, 0.15) is 18.5 Å². The van der Waals surface area contributed by atoms with Crippen molar-refractivity contribution in [2.24, 2.45) is 0 Å². The summed E-state index contributed by atoms with van der Waals surface area (Å²) in [6, 6.07) is 10.4. The molecule has 0 aliphatic carbocycles. The van der Waals surface area contributed by atoms with E-state index in [0.29, 0.717) is 17.2 Å². The maximum Gasteiger partial charge on any atom is 0.387 e. The van der Waals surface area contributed by atoms with Crippen LogP contribution in [0.5, 0.6) is 17.2 Å². The van der Waals surface area contributed by atoms with Crippen molar-refractivity contribution in [3.8, 4) is 17.2 Å². The third kappa shape index (κ3) is 4.28. The van der Waals surface area contributed by atoms with E-state index in [4.69, 9.17) is 9.47 Å². The first-order valence-electron chi connectivity index (χ1n) is 7.53. The molecule has 3 rings (SSSR count). The number of benzene rings is 2. The summed E-state index contributed by atoms with van der Waals surface area (Å²) in [5.41, 5.74) is 1.32. The Morgan fingerprint density at radius 3 is 2.56 bits per heavy atom. The van der Waals surface area contributed by atoms with Gasteiger partial charge in [-0.05, 0) is 48.9 Å². The topological polar surface area (TPSA) is 68.8 Å². The standard InChI is InChI=1S/C17H16F2N2O4/c1-10(11-2-7-14-15(8-11)24-9-23-14)20-17(22)21-12-3-5-13(6-4-12)25-16(18)19/h2-8,10,16H,9H2,1H3,(H2,20,21,22). The number of rotatable bonds is 5. The Bertz CT molecular complexity index is 753. The van der Waals surface area contributed by atoms with E-state index < -0.39 is 12.6 Å². The van der Waals surface area contributed by atoms with E-state index in [1.165, 1.54) is 24.3 Å². The molecule has 0 saturated heterocycles. The van der Waals surface area contributed by atoms with Crippen LogP contribution >= 0.6 is 0 Å². The predicted molar refractivity (Wildman–Crippen MR) is 86.2 cm³/mol. The average molecular weight is 350 g/mol. The summed E-state index contributed by atoms with van der Waals surface area (Å²) >= 11 is 0. The van der Waals surface area contributed by atoms with E-state index in [9.17, 15) is 13.6 Å². The molecule has 8 heteroatoms. The number of anilines is 1. The molecule has 0 bridgehead atoms. The van der Waals surface area contributed by atoms with Gasteiger partial charge in [-0.2, -0.15) is 8.78 Å². The zero-order valence-corrected chi connectivity index (χ0v) is 13.3. The molecular weight excluding hydrogens is 334 g/mol. The Morgan fingerprint density at radius 2 is 1.84 bits per heavy atom. The lowest BCUT2D eigenvalue weighted by Gasteiger charge is -2.15. The first kappa shape index (κ1) is 16.8. The van der Waals surface area contributed by atoms with E-state index in [1.54, 1.807) is 6.07 Å². The van der Waals surface area contributed by atoms with Gasteiger partial charge in [0.2, 0.25) is 6.79 Å². The molecular formula is C17H16F2N2O4. The molecule has 2 amide bonds. The summed E-state index contributed by atoms with van der Waals surface area (Å²) in [6.45, 7) is -0.868. The van der Waals surface area contributed by atoms with Crippen LogP contribution < -0.4 is 24.8 Å². The van der Waals surface area contributed by atoms with Crippen molar-refractivity contribution in [2.45, 2.75) is 19.6 Å². The number of alkyl halides is 2. The minimum atomic E-state index is -2.88. The number of urea groups is 1. The molecule has 2 aromatic rings. The van der Waals surface area contributed by atoms with Crippen molar-refractivity contribution in [3.63, 3.8) is 0 Å². The first-order valence-corrected chi connectivity index (χ1v) is 7.53. The van der Waals surface area contributed by atoms with Crippen LogP contribution in [0.4, 0.5) is 19.3 Å². The summed E-state index contributed by atoms with van der Waals surface area (Å²) < 4.78 is 39.0. The van der Waals surface area contributed by atoms with Crippen LogP contribution in [-0.4, -0.2) is 19.4 Å². The van der Waals surface area contributed by atoms with Gasteiger partial charge in [0.05, 0.1) is 6.04 Å². The Kier molecular flexibility index (Phi) is 4.87. The van der Waals surface area contributed by atoms with Crippen LogP contribution in [0.3, 0.4) is 0 Å². The largest absolute Gasteiger partial charge is 0.454 e. The molecule has 2 aromatic carbocycles. The van der Waals surface area contributed by atoms with E-state index in [0.717, 1.165) is 5.56 Å². The number of hydrogen-bond donors (Lipinski definition) is 2. The highest BCUT2D eigenvalue weighted by Gasteiger charge is 2.17. The summed E-state index contributed by atoms with van der Waals surface area (Å²) in [7, 11) is 0. The summed E-state index contributed by atoms with van der Waals surface area (Å²) in [5, 5.41) is 5.41. The summed E-state index contributed by atoms with van der Waals surface area (Å²) in [5.74, 6) is 1.34. The quantitative estimate of drug-likeness (QED) is 0.858. The summed E-state index contributed by atoms with van der Waals surface area (Å²) in [4.78, 5) is 12.1. The fourth-order valence-electron chi connectivity index (χ4n) is 2.35. The minimum Gasteiger partial charge on any atom is -0.454 e. The smallest absolute Gasteiger partial charge is 0.387 e. The lowest BCUT2D eigenvalue weighted by molar-refractivity contribution is -0.0498. The molecule has 25 heavy (non-hydrogen) atoms. The van der Waals surface area contributed by atoms with Gasteiger partial charge in [0.15, 0.2) is 11.5 Å². The number of nitrogens with one attached hydrogen (secondary N) is 2. The number of amides is 2. The highest BCUT2D eigenvalue weighted by molar-refractivity contribution is 5.89. The normalized spacial score (nSPS) is 13.4. The molecule has 0 saturated carbocycles. The van der Waals surface area contributed by atoms with Gasteiger partial charge in [-0.25, -0.2) is 4.79 Å². The number of carbonyl (C=O) groups is 1. The molecule has 0 radical (unpaired) electrons. The van der Waals surface area contributed by atoms with E-state index >= 15 is 0 Å². The van der Waals surface area contributed by atoms with Crippen LogP contribution in [0.25, 0.3) is 0 Å². The SMILES string of the molecule is CC(NC(=O)Nc1ccc(OC(F)F)cc1)c1ccc2c(c1)OCO2. The van der Waals surface area contributed by atoms with Gasteiger partial charge < -0.3 is 24.8 Å². The van der Waals surface area contributed by atoms with Crippen molar-refractivity contribution < 1.29 is 27.8 Å².